The molecule has 0 saturated carbocycles. The molecule has 3 aromatic carbocycles. The number of hydrogen-bond donors (Lipinski definition) is 0. The highest BCUT2D eigenvalue weighted by molar-refractivity contribution is 7.97. The van der Waals surface area contributed by atoms with Crippen LogP contribution in [0.1, 0.15) is 41.0 Å². The molecule has 3 aromatic rings. The molecule has 0 aliphatic rings. The third-order valence-electron chi connectivity index (χ3n) is 4.13. The number of carboxylic acids is 1. The van der Waals surface area contributed by atoms with Gasteiger partial charge in [-0.25, -0.2) is 0 Å². The van der Waals surface area contributed by atoms with E-state index in [1.165, 1.54) is 21.6 Å². The van der Waals surface area contributed by atoms with Crippen LogP contribution in [0.25, 0.3) is 0 Å². The first-order valence-electron chi connectivity index (χ1n) is 10.8. The summed E-state index contributed by atoms with van der Waals surface area (Å²) in [5.74, 6) is 0.821. The van der Waals surface area contributed by atoms with E-state index in [9.17, 15) is 9.90 Å². The van der Waals surface area contributed by atoms with E-state index in [4.69, 9.17) is 9.47 Å². The topological polar surface area (TPSA) is 58.6 Å². The molecule has 0 atom stereocenters. The van der Waals surface area contributed by atoms with Crippen LogP contribution in [0.4, 0.5) is 0 Å². The molecule has 0 bridgehead atoms. The Morgan fingerprint density at radius 3 is 1.38 bits per heavy atom. The molecule has 0 radical (unpaired) electrons. The quantitative estimate of drug-likeness (QED) is 0.423. The van der Waals surface area contributed by atoms with Gasteiger partial charge in [0.05, 0.1) is 23.1 Å². The number of rotatable bonds is 8. The lowest BCUT2D eigenvalue weighted by molar-refractivity contribution is -0.305. The Labute approximate surface area is 194 Å². The Morgan fingerprint density at radius 2 is 1.06 bits per heavy atom. The third kappa shape index (κ3) is 8.31. The van der Waals surface area contributed by atoms with E-state index >= 15 is 0 Å². The molecule has 5 heteroatoms. The Balaban J connectivity index is 0.000000654. The molecule has 0 unspecified atom stereocenters. The highest BCUT2D eigenvalue weighted by atomic mass is 32.2. The van der Waals surface area contributed by atoms with E-state index in [1.807, 2.05) is 27.7 Å². The lowest BCUT2D eigenvalue weighted by atomic mass is 10.3. The largest absolute Gasteiger partial charge is 0.550 e. The highest BCUT2D eigenvalue weighted by Crippen LogP contribution is 2.33. The highest BCUT2D eigenvalue weighted by Gasteiger charge is 2.28. The zero-order chi connectivity index (χ0) is 23.5. The molecule has 0 spiro atoms. The van der Waals surface area contributed by atoms with E-state index in [0.717, 1.165) is 11.5 Å². The summed E-state index contributed by atoms with van der Waals surface area (Å²) in [5, 5.41) is 9.26. The smallest absolute Gasteiger partial charge is 0.166 e. The minimum absolute atomic E-state index is 0.111. The summed E-state index contributed by atoms with van der Waals surface area (Å²) < 4.78 is 11.6. The molecule has 0 saturated heterocycles. The normalized spacial score (nSPS) is 10.6. The number of ether oxygens (including phenoxy) is 2. The van der Waals surface area contributed by atoms with Crippen LogP contribution in [0.5, 0.6) is 11.5 Å². The first kappa shape index (κ1) is 25.3. The van der Waals surface area contributed by atoms with E-state index in [-0.39, 0.29) is 29.5 Å². The molecule has 4 nitrogen and oxygen atoms in total. The first-order valence-corrected chi connectivity index (χ1v) is 12.0. The van der Waals surface area contributed by atoms with E-state index in [2.05, 4.69) is 78.9 Å². The van der Waals surface area contributed by atoms with Crippen LogP contribution in [0.2, 0.25) is 0 Å². The predicted molar refractivity (Wildman–Crippen MR) is 128 cm³/mol. The minimum atomic E-state index is -0.995. The van der Waals surface area contributed by atoms with Gasteiger partial charge in [0, 0.05) is 5.97 Å². The van der Waals surface area contributed by atoms with Crippen molar-refractivity contribution < 1.29 is 19.4 Å². The van der Waals surface area contributed by atoms with Gasteiger partial charge in [-0.2, -0.15) is 0 Å². The van der Waals surface area contributed by atoms with Gasteiger partial charge in [-0.05, 0) is 94.8 Å². The number of carboxylic acid groups (broad SMARTS) is 1. The van der Waals surface area contributed by atoms with Crippen molar-refractivity contribution in [3.63, 3.8) is 0 Å². The second kappa shape index (κ2) is 12.8. The summed E-state index contributed by atoms with van der Waals surface area (Å²) in [6.45, 7) is 9.72. The number of carbonyl (C=O) groups excluding carboxylic acids is 1. The van der Waals surface area contributed by atoms with Crippen LogP contribution in [-0.2, 0) is 15.7 Å². The van der Waals surface area contributed by atoms with E-state index in [1.54, 1.807) is 0 Å². The standard InChI is InChI=1S/C24H27O2S.C3H6O2/c1-18(2)25-20-10-14-23(15-11-20)27(22-8-6-5-7-9-22)24-16-12-21(13-17-24)26-19(3)4;1-2-3(4)5/h5-19H,1-4H3;2H2,1H3,(H,4,5)/q+1;/p-1. The van der Waals surface area contributed by atoms with Crippen LogP contribution >= 0.6 is 0 Å². The maximum Gasteiger partial charge on any atom is 0.166 e. The summed E-state index contributed by atoms with van der Waals surface area (Å²) in [7, 11) is -0.168. The van der Waals surface area contributed by atoms with Crippen LogP contribution in [0.15, 0.2) is 93.5 Å². The number of benzene rings is 3. The van der Waals surface area contributed by atoms with Crippen LogP contribution in [0.3, 0.4) is 0 Å². The fraction of sp³-hybridized carbons (Fsp3) is 0.296. The van der Waals surface area contributed by atoms with Crippen LogP contribution in [-0.4, -0.2) is 18.2 Å². The van der Waals surface area contributed by atoms with Gasteiger partial charge >= 0.3 is 0 Å². The van der Waals surface area contributed by atoms with Crippen LogP contribution < -0.4 is 14.6 Å². The third-order valence-corrected chi connectivity index (χ3v) is 6.36. The van der Waals surface area contributed by atoms with Gasteiger partial charge in [-0.15, -0.1) is 0 Å². The Kier molecular flexibility index (Phi) is 10.2. The summed E-state index contributed by atoms with van der Waals surface area (Å²) >= 11 is 0. The average molecular weight is 453 g/mol. The zero-order valence-corrected chi connectivity index (χ0v) is 20.2. The number of hydrogen-bond acceptors (Lipinski definition) is 4. The molecule has 0 N–H and O–H groups in total. The number of aliphatic carboxylic acids is 1. The predicted octanol–water partition coefficient (Wildman–Crippen LogP) is 5.50. The summed E-state index contributed by atoms with van der Waals surface area (Å²) in [4.78, 5) is 13.1. The van der Waals surface area contributed by atoms with E-state index in [0.29, 0.717) is 0 Å². The second-order valence-electron chi connectivity index (χ2n) is 7.62. The van der Waals surface area contributed by atoms with Crippen molar-refractivity contribution in [2.24, 2.45) is 0 Å². The SMILES string of the molecule is CC(C)Oc1ccc([S+](c2ccccc2)c2ccc(OC(C)C)cc2)cc1.CCC(=O)[O-]. The average Bonchev–Trinajstić information content (AvgIpc) is 2.77. The second-order valence-corrected chi connectivity index (χ2v) is 9.65. The number of carbonyl (C=O) groups is 1. The van der Waals surface area contributed by atoms with Crippen molar-refractivity contribution in [2.75, 3.05) is 0 Å². The Morgan fingerprint density at radius 1 is 0.719 bits per heavy atom. The van der Waals surface area contributed by atoms with Gasteiger partial charge in [0.1, 0.15) is 11.5 Å². The van der Waals surface area contributed by atoms with Crippen molar-refractivity contribution in [3.8, 4) is 11.5 Å². The van der Waals surface area contributed by atoms with Gasteiger partial charge in [-0.3, -0.25) is 0 Å². The molecule has 0 amide bonds. The van der Waals surface area contributed by atoms with Crippen molar-refractivity contribution in [1.29, 1.82) is 0 Å². The van der Waals surface area contributed by atoms with Crippen LogP contribution in [0, 0.1) is 0 Å². The molecule has 0 aliphatic heterocycles. The molecular formula is C27H32O4S. The molecule has 0 aliphatic carbocycles. The first-order chi connectivity index (χ1) is 15.3. The van der Waals surface area contributed by atoms with E-state index < -0.39 is 5.97 Å². The minimum Gasteiger partial charge on any atom is -0.550 e. The molecule has 32 heavy (non-hydrogen) atoms. The van der Waals surface area contributed by atoms with Crippen molar-refractivity contribution in [1.82, 2.24) is 0 Å². The summed E-state index contributed by atoms with van der Waals surface area (Å²) in [5.41, 5.74) is 0. The lowest BCUT2D eigenvalue weighted by Gasteiger charge is -2.12. The van der Waals surface area contributed by atoms with Gasteiger partial charge < -0.3 is 19.4 Å². The molecular weight excluding hydrogens is 420 g/mol. The Bertz CT molecular complexity index is 882. The molecule has 3 rings (SSSR count). The van der Waals surface area contributed by atoms with Gasteiger partial charge in [0.2, 0.25) is 0 Å². The maximum absolute atomic E-state index is 9.26. The molecule has 0 heterocycles. The lowest BCUT2D eigenvalue weighted by Crippen LogP contribution is -2.19. The summed E-state index contributed by atoms with van der Waals surface area (Å²) in [6, 6.07) is 27.6. The van der Waals surface area contributed by atoms with Crippen molar-refractivity contribution in [3.05, 3.63) is 78.9 Å². The molecule has 170 valence electrons. The fourth-order valence-electron chi connectivity index (χ4n) is 2.82. The molecule has 0 fully saturated rings. The monoisotopic (exact) mass is 452 g/mol. The van der Waals surface area contributed by atoms with Gasteiger partial charge in [0.15, 0.2) is 14.7 Å². The Hall–Kier alpha value is -2.92. The molecule has 0 aromatic heterocycles. The van der Waals surface area contributed by atoms with Crippen molar-refractivity contribution in [2.45, 2.75) is 67.9 Å². The van der Waals surface area contributed by atoms with Crippen molar-refractivity contribution >= 4 is 16.9 Å². The van der Waals surface area contributed by atoms with Gasteiger partial charge in [-0.1, -0.05) is 25.1 Å². The fourth-order valence-corrected chi connectivity index (χ4v) is 4.88. The maximum atomic E-state index is 9.26. The van der Waals surface area contributed by atoms with Gasteiger partial charge in [0.25, 0.3) is 0 Å². The zero-order valence-electron chi connectivity index (χ0n) is 19.4. The summed E-state index contributed by atoms with van der Waals surface area (Å²) in [6.07, 6.45) is 0.466.